The van der Waals surface area contributed by atoms with Crippen LogP contribution in [0.4, 0.5) is 4.39 Å². The molecule has 0 heterocycles. The molecule has 4 heteroatoms. The van der Waals surface area contributed by atoms with Crippen molar-refractivity contribution in [2.45, 2.75) is 6.92 Å². The predicted molar refractivity (Wildman–Crippen MR) is 72.8 cm³/mol. The second kappa shape index (κ2) is 6.39. The molecule has 0 bridgehead atoms. The van der Waals surface area contributed by atoms with Crippen LogP contribution in [0.5, 0.6) is 0 Å². The molecule has 0 saturated carbocycles. The Kier molecular flexibility index (Phi) is 4.87. The Hall–Kier alpha value is -2.36. The molecule has 1 rings (SSSR count). The molecule has 0 fully saturated rings. The summed E-state index contributed by atoms with van der Waals surface area (Å²) in [6.07, 6.45) is 4.82. The number of aliphatic imine (C=N–C) groups is 1. The van der Waals surface area contributed by atoms with Crippen molar-refractivity contribution in [3.8, 4) is 0 Å². The third-order valence-corrected chi connectivity index (χ3v) is 2.28. The molecule has 0 aliphatic carbocycles. The van der Waals surface area contributed by atoms with E-state index in [9.17, 15) is 9.30 Å². The number of halogens is 1. The first-order valence-corrected chi connectivity index (χ1v) is 5.24. The first-order chi connectivity index (χ1) is 8.60. The fraction of sp³-hybridized carbons (Fsp3) is 0.0714. The van der Waals surface area contributed by atoms with Gasteiger partial charge in [-0.1, -0.05) is 19.2 Å². The van der Waals surface area contributed by atoms with Crippen molar-refractivity contribution in [1.29, 1.82) is 0 Å². The number of rotatable bonds is 5. The molecule has 0 radical (unpaired) electrons. The van der Waals surface area contributed by atoms with Crippen molar-refractivity contribution >= 4 is 11.4 Å². The summed E-state index contributed by atoms with van der Waals surface area (Å²) < 4.78 is 13.2. The van der Waals surface area contributed by atoms with E-state index in [0.717, 1.165) is 0 Å². The minimum atomic E-state index is -0.451. The highest BCUT2D eigenvalue weighted by Crippen LogP contribution is 2.21. The lowest BCUT2D eigenvalue weighted by Crippen LogP contribution is -2.00. The van der Waals surface area contributed by atoms with Gasteiger partial charge < -0.3 is 0 Å². The third kappa shape index (κ3) is 3.31. The molecule has 1 aromatic carbocycles. The molecule has 0 aliphatic rings. The quantitative estimate of drug-likeness (QED) is 0.437. The molecule has 0 atom stereocenters. The maximum absolute atomic E-state index is 13.2. The summed E-state index contributed by atoms with van der Waals surface area (Å²) in [6.45, 7) is 8.77. The Morgan fingerprint density at radius 1 is 1.39 bits per heavy atom. The van der Waals surface area contributed by atoms with E-state index in [1.807, 2.05) is 0 Å². The number of allylic oxidation sites excluding steroid dienone is 2. The largest absolute Gasteiger partial charge is 0.261 e. The molecule has 0 aliphatic heterocycles. The van der Waals surface area contributed by atoms with Crippen LogP contribution < -0.4 is 0 Å². The predicted octanol–water partition coefficient (Wildman–Crippen LogP) is 4.07. The van der Waals surface area contributed by atoms with E-state index in [-0.39, 0.29) is 5.70 Å². The summed E-state index contributed by atoms with van der Waals surface area (Å²) in [5.41, 5.74) is 1.58. The van der Waals surface area contributed by atoms with Crippen molar-refractivity contribution < 1.29 is 4.39 Å². The van der Waals surface area contributed by atoms with Gasteiger partial charge in [0.2, 0.25) is 0 Å². The van der Waals surface area contributed by atoms with Gasteiger partial charge in [0.15, 0.2) is 0 Å². The van der Waals surface area contributed by atoms with Gasteiger partial charge >= 0.3 is 0 Å². The van der Waals surface area contributed by atoms with Crippen LogP contribution in [0.3, 0.4) is 0 Å². The van der Waals surface area contributed by atoms with Crippen LogP contribution >= 0.6 is 0 Å². The molecule has 0 spiro atoms. The SMILES string of the molecule is C=C/C=C\N=C(/C)c1ccc(F)cc1C(=C)N=O. The smallest absolute Gasteiger partial charge is 0.123 e. The lowest BCUT2D eigenvalue weighted by atomic mass is 10.0. The van der Waals surface area contributed by atoms with Gasteiger partial charge in [0.25, 0.3) is 0 Å². The monoisotopic (exact) mass is 244 g/mol. The fourth-order valence-electron chi connectivity index (χ4n) is 1.41. The van der Waals surface area contributed by atoms with Gasteiger partial charge in [-0.3, -0.25) is 4.99 Å². The number of benzene rings is 1. The van der Waals surface area contributed by atoms with Crippen LogP contribution in [-0.4, -0.2) is 5.71 Å². The molecule has 1 aromatic rings. The number of hydrogen-bond acceptors (Lipinski definition) is 3. The molecule has 0 N–H and O–H groups in total. The summed E-state index contributed by atoms with van der Waals surface area (Å²) in [5.74, 6) is -0.451. The zero-order chi connectivity index (χ0) is 13.5. The Morgan fingerprint density at radius 3 is 2.72 bits per heavy atom. The van der Waals surface area contributed by atoms with Crippen molar-refractivity contribution in [1.82, 2.24) is 0 Å². The average Bonchev–Trinajstić information content (AvgIpc) is 2.37. The van der Waals surface area contributed by atoms with Crippen molar-refractivity contribution in [3.05, 3.63) is 71.6 Å². The summed E-state index contributed by atoms with van der Waals surface area (Å²) in [4.78, 5) is 14.7. The van der Waals surface area contributed by atoms with Crippen LogP contribution in [0.15, 0.2) is 59.9 Å². The molecule has 0 aromatic heterocycles. The van der Waals surface area contributed by atoms with Gasteiger partial charge in [0, 0.05) is 23.0 Å². The van der Waals surface area contributed by atoms with Crippen LogP contribution in [-0.2, 0) is 0 Å². The molecule has 0 saturated heterocycles. The Bertz CT molecular complexity index is 545. The molecule has 3 nitrogen and oxygen atoms in total. The lowest BCUT2D eigenvalue weighted by molar-refractivity contribution is 0.627. The Morgan fingerprint density at radius 2 is 2.11 bits per heavy atom. The molecule has 0 unspecified atom stereocenters. The number of hydrogen-bond donors (Lipinski definition) is 0. The van der Waals surface area contributed by atoms with Gasteiger partial charge in [-0.2, -0.15) is 0 Å². The molecular formula is C14H13FN2O. The average molecular weight is 244 g/mol. The maximum atomic E-state index is 13.2. The second-order valence-electron chi connectivity index (χ2n) is 3.52. The third-order valence-electron chi connectivity index (χ3n) is 2.28. The second-order valence-corrected chi connectivity index (χ2v) is 3.52. The lowest BCUT2D eigenvalue weighted by Gasteiger charge is -2.07. The number of nitrogens with zero attached hydrogens (tertiary/aromatic N) is 2. The first kappa shape index (κ1) is 13.7. The van der Waals surface area contributed by atoms with Crippen molar-refractivity contribution in [3.63, 3.8) is 0 Å². The fourth-order valence-corrected chi connectivity index (χ4v) is 1.41. The summed E-state index contributed by atoms with van der Waals surface area (Å²) in [5, 5.41) is 2.74. The van der Waals surface area contributed by atoms with E-state index in [1.54, 1.807) is 31.3 Å². The van der Waals surface area contributed by atoms with E-state index in [0.29, 0.717) is 16.8 Å². The van der Waals surface area contributed by atoms with Gasteiger partial charge in [-0.15, -0.1) is 4.91 Å². The maximum Gasteiger partial charge on any atom is 0.123 e. The summed E-state index contributed by atoms with van der Waals surface area (Å²) in [6, 6.07) is 4.06. The van der Waals surface area contributed by atoms with Crippen molar-refractivity contribution in [2.24, 2.45) is 10.2 Å². The highest BCUT2D eigenvalue weighted by Gasteiger charge is 2.10. The highest BCUT2D eigenvalue weighted by molar-refractivity contribution is 6.03. The van der Waals surface area contributed by atoms with Gasteiger partial charge in [0.05, 0.1) is 0 Å². The van der Waals surface area contributed by atoms with E-state index >= 15 is 0 Å². The normalized spacial score (nSPS) is 11.6. The van der Waals surface area contributed by atoms with Crippen molar-refractivity contribution in [2.75, 3.05) is 0 Å². The summed E-state index contributed by atoms with van der Waals surface area (Å²) in [7, 11) is 0. The van der Waals surface area contributed by atoms with E-state index in [4.69, 9.17) is 0 Å². The molecular weight excluding hydrogens is 231 g/mol. The topological polar surface area (TPSA) is 41.8 Å². The molecule has 18 heavy (non-hydrogen) atoms. The Labute approximate surface area is 105 Å². The zero-order valence-corrected chi connectivity index (χ0v) is 10.1. The Balaban J connectivity index is 3.27. The van der Waals surface area contributed by atoms with E-state index in [2.05, 4.69) is 23.3 Å². The minimum Gasteiger partial charge on any atom is -0.261 e. The van der Waals surface area contributed by atoms with Crippen LogP contribution in [0.25, 0.3) is 5.70 Å². The first-order valence-electron chi connectivity index (χ1n) is 5.24. The van der Waals surface area contributed by atoms with Crippen LogP contribution in [0.2, 0.25) is 0 Å². The van der Waals surface area contributed by atoms with Crippen LogP contribution in [0, 0.1) is 10.7 Å². The van der Waals surface area contributed by atoms with Gasteiger partial charge in [-0.25, -0.2) is 4.39 Å². The minimum absolute atomic E-state index is 0.0215. The highest BCUT2D eigenvalue weighted by atomic mass is 19.1. The molecule has 0 amide bonds. The zero-order valence-electron chi connectivity index (χ0n) is 10.1. The van der Waals surface area contributed by atoms with Gasteiger partial charge in [-0.05, 0) is 36.4 Å². The summed E-state index contributed by atoms with van der Waals surface area (Å²) >= 11 is 0. The molecule has 92 valence electrons. The standard InChI is InChI=1S/C14H13FN2O/c1-4-5-8-16-10(2)13-7-6-12(15)9-14(13)11(3)17-18/h4-9H,1,3H2,2H3/b8-5-,16-10+. The van der Waals surface area contributed by atoms with Crippen LogP contribution in [0.1, 0.15) is 18.1 Å². The van der Waals surface area contributed by atoms with E-state index < -0.39 is 5.82 Å². The number of nitroso groups, excluding NO2 is 1. The van der Waals surface area contributed by atoms with E-state index in [1.165, 1.54) is 12.1 Å². The van der Waals surface area contributed by atoms with Gasteiger partial charge in [0.1, 0.15) is 11.5 Å².